The van der Waals surface area contributed by atoms with Gasteiger partial charge in [-0.3, -0.25) is 9.89 Å². The van der Waals surface area contributed by atoms with E-state index in [9.17, 15) is 4.79 Å². The molecule has 37 heavy (non-hydrogen) atoms. The van der Waals surface area contributed by atoms with E-state index < -0.39 is 0 Å². The first-order chi connectivity index (χ1) is 18.1. The Morgan fingerprint density at radius 3 is 2.78 bits per heavy atom. The first kappa shape index (κ1) is 23.5. The number of nitrogens with two attached hydrogens (primary N) is 1. The number of anilines is 2. The molecule has 188 valence electrons. The van der Waals surface area contributed by atoms with Crippen molar-refractivity contribution in [1.82, 2.24) is 20.2 Å². The average Bonchev–Trinajstić information content (AvgIpc) is 3.67. The second-order valence-corrected chi connectivity index (χ2v) is 10.5. The van der Waals surface area contributed by atoms with Crippen LogP contribution < -0.4 is 15.8 Å². The molecule has 1 fully saturated rings. The monoisotopic (exact) mass is 512 g/mol. The van der Waals surface area contributed by atoms with Crippen molar-refractivity contribution in [1.29, 1.82) is 0 Å². The molecule has 6 rings (SSSR count). The predicted molar refractivity (Wildman–Crippen MR) is 145 cm³/mol. The van der Waals surface area contributed by atoms with Crippen molar-refractivity contribution in [2.45, 2.75) is 43.3 Å². The van der Waals surface area contributed by atoms with Crippen molar-refractivity contribution in [3.63, 3.8) is 0 Å². The van der Waals surface area contributed by atoms with Crippen molar-refractivity contribution in [2.75, 3.05) is 5.32 Å². The number of carbonyl (C=O) groups is 1. The average molecular weight is 513 g/mol. The molecule has 0 bridgehead atoms. The van der Waals surface area contributed by atoms with E-state index in [1.54, 1.807) is 0 Å². The van der Waals surface area contributed by atoms with Gasteiger partial charge in [-0.1, -0.05) is 24.3 Å². The maximum absolute atomic E-state index is 11.5. The Hall–Kier alpha value is -3.85. The molecule has 1 amide bonds. The lowest BCUT2D eigenvalue weighted by molar-refractivity contribution is -0.119. The SMILES string of the molecule is NC(=O)CC1CCCC1Oc1cccc(-c2nc3c(c(Nc4ccc(-c5cn[nH]c5)cc4)n2)CSC3)c1. The van der Waals surface area contributed by atoms with E-state index in [-0.39, 0.29) is 17.9 Å². The third-order valence-corrected chi connectivity index (χ3v) is 7.96. The van der Waals surface area contributed by atoms with Gasteiger partial charge in [0.2, 0.25) is 5.91 Å². The highest BCUT2D eigenvalue weighted by Crippen LogP contribution is 2.37. The topological polar surface area (TPSA) is 119 Å². The van der Waals surface area contributed by atoms with Gasteiger partial charge in [-0.2, -0.15) is 16.9 Å². The molecule has 3 heterocycles. The number of thioether (sulfide) groups is 1. The number of primary amides is 1. The third kappa shape index (κ3) is 5.17. The molecule has 1 saturated carbocycles. The van der Waals surface area contributed by atoms with Gasteiger partial charge in [0.05, 0.1) is 11.9 Å². The van der Waals surface area contributed by atoms with Crippen LogP contribution in [0.5, 0.6) is 5.75 Å². The van der Waals surface area contributed by atoms with E-state index in [0.717, 1.165) is 76.0 Å². The minimum absolute atomic E-state index is 0.00216. The second-order valence-electron chi connectivity index (χ2n) is 9.55. The van der Waals surface area contributed by atoms with E-state index in [0.29, 0.717) is 12.2 Å². The maximum Gasteiger partial charge on any atom is 0.217 e. The van der Waals surface area contributed by atoms with E-state index in [1.807, 2.05) is 48.4 Å². The number of aromatic amines is 1. The fraction of sp³-hybridized carbons (Fsp3) is 0.286. The Labute approximate surface area is 219 Å². The minimum atomic E-state index is -0.269. The molecule has 1 aliphatic heterocycles. The smallest absolute Gasteiger partial charge is 0.217 e. The van der Waals surface area contributed by atoms with Crippen LogP contribution in [-0.2, 0) is 16.3 Å². The number of carbonyl (C=O) groups excluding carboxylic acids is 1. The van der Waals surface area contributed by atoms with Crippen LogP contribution in [0, 0.1) is 5.92 Å². The zero-order chi connectivity index (χ0) is 25.2. The number of nitrogens with one attached hydrogen (secondary N) is 2. The third-order valence-electron chi connectivity index (χ3n) is 6.99. The molecule has 0 radical (unpaired) electrons. The molecule has 0 saturated heterocycles. The van der Waals surface area contributed by atoms with Crippen molar-refractivity contribution in [3.8, 4) is 28.3 Å². The van der Waals surface area contributed by atoms with Crippen LogP contribution in [0.4, 0.5) is 11.5 Å². The van der Waals surface area contributed by atoms with Gasteiger partial charge < -0.3 is 15.8 Å². The van der Waals surface area contributed by atoms with Gasteiger partial charge in [-0.25, -0.2) is 9.97 Å². The molecule has 0 spiro atoms. The van der Waals surface area contributed by atoms with Gasteiger partial charge in [-0.15, -0.1) is 0 Å². The quantitative estimate of drug-likeness (QED) is 0.287. The molecule has 2 unspecified atom stereocenters. The highest BCUT2D eigenvalue weighted by atomic mass is 32.2. The summed E-state index contributed by atoms with van der Waals surface area (Å²) < 4.78 is 6.32. The molecular formula is C28H28N6O2S. The first-order valence-corrected chi connectivity index (χ1v) is 13.7. The van der Waals surface area contributed by atoms with Crippen LogP contribution in [0.2, 0.25) is 0 Å². The van der Waals surface area contributed by atoms with Gasteiger partial charge in [0.1, 0.15) is 17.7 Å². The first-order valence-electron chi connectivity index (χ1n) is 12.5. The largest absolute Gasteiger partial charge is 0.490 e. The molecule has 1 aliphatic carbocycles. The number of nitrogens with zero attached hydrogens (tertiary/aromatic N) is 3. The summed E-state index contributed by atoms with van der Waals surface area (Å²) in [5.74, 6) is 3.93. The zero-order valence-corrected chi connectivity index (χ0v) is 21.1. The number of fused-ring (bicyclic) bond motifs is 1. The number of hydrogen-bond acceptors (Lipinski definition) is 7. The molecule has 4 N–H and O–H groups in total. The normalized spacial score (nSPS) is 18.5. The molecule has 8 nitrogen and oxygen atoms in total. The summed E-state index contributed by atoms with van der Waals surface area (Å²) in [5, 5.41) is 10.4. The zero-order valence-electron chi connectivity index (χ0n) is 20.3. The lowest BCUT2D eigenvalue weighted by atomic mass is 10.0. The van der Waals surface area contributed by atoms with Crippen molar-refractivity contribution < 1.29 is 9.53 Å². The standard InChI is InChI=1S/C28H28N6O2S/c29-26(35)12-18-3-2-6-25(18)36-22-5-1-4-19(11-22)27-33-24-16-37-15-23(24)28(34-27)32-21-9-7-17(8-10-21)20-13-30-31-14-20/h1,4-5,7-11,13-14,18,25H,2-3,6,12,15-16H2,(H2,29,35)(H,30,31)(H,32,33,34). The van der Waals surface area contributed by atoms with Crippen molar-refractivity contribution >= 4 is 29.2 Å². The minimum Gasteiger partial charge on any atom is -0.490 e. The summed E-state index contributed by atoms with van der Waals surface area (Å²) in [7, 11) is 0. The van der Waals surface area contributed by atoms with E-state index in [2.05, 4.69) is 39.8 Å². The van der Waals surface area contributed by atoms with Gasteiger partial charge in [-0.05, 0) is 49.1 Å². The number of hydrogen-bond donors (Lipinski definition) is 3. The van der Waals surface area contributed by atoms with Crippen LogP contribution in [0.1, 0.15) is 36.9 Å². The number of aromatic nitrogens is 4. The summed E-state index contributed by atoms with van der Waals surface area (Å²) in [6.07, 6.45) is 7.01. The number of amides is 1. The fourth-order valence-corrected chi connectivity index (χ4v) is 6.15. The van der Waals surface area contributed by atoms with E-state index in [4.69, 9.17) is 20.4 Å². The fourth-order valence-electron chi connectivity index (χ4n) is 5.11. The van der Waals surface area contributed by atoms with Gasteiger partial charge in [0.25, 0.3) is 0 Å². The van der Waals surface area contributed by atoms with Gasteiger partial charge in [0.15, 0.2) is 5.82 Å². The predicted octanol–water partition coefficient (Wildman–Crippen LogP) is 5.45. The molecule has 2 aliphatic rings. The van der Waals surface area contributed by atoms with Gasteiger partial charge >= 0.3 is 0 Å². The summed E-state index contributed by atoms with van der Waals surface area (Å²) in [5.41, 5.74) is 11.7. The van der Waals surface area contributed by atoms with Crippen LogP contribution in [0.3, 0.4) is 0 Å². The highest BCUT2D eigenvalue weighted by Gasteiger charge is 2.30. The number of rotatable bonds is 8. The molecular weight excluding hydrogens is 484 g/mol. The molecule has 2 aromatic carbocycles. The highest BCUT2D eigenvalue weighted by molar-refractivity contribution is 7.98. The Morgan fingerprint density at radius 1 is 1.08 bits per heavy atom. The lowest BCUT2D eigenvalue weighted by Gasteiger charge is -2.20. The summed E-state index contributed by atoms with van der Waals surface area (Å²) >= 11 is 1.85. The van der Waals surface area contributed by atoms with Crippen LogP contribution in [0.25, 0.3) is 22.5 Å². The van der Waals surface area contributed by atoms with Crippen LogP contribution >= 0.6 is 11.8 Å². The summed E-state index contributed by atoms with van der Waals surface area (Å²) in [6.45, 7) is 0. The van der Waals surface area contributed by atoms with E-state index >= 15 is 0 Å². The number of benzene rings is 2. The Kier molecular flexibility index (Phi) is 6.53. The maximum atomic E-state index is 11.5. The van der Waals surface area contributed by atoms with Crippen molar-refractivity contribution in [2.24, 2.45) is 11.7 Å². The van der Waals surface area contributed by atoms with Crippen molar-refractivity contribution in [3.05, 3.63) is 72.2 Å². The molecule has 9 heteroatoms. The summed E-state index contributed by atoms with van der Waals surface area (Å²) in [6, 6.07) is 16.2. The van der Waals surface area contributed by atoms with E-state index in [1.165, 1.54) is 0 Å². The Balaban J connectivity index is 1.25. The number of ether oxygens (including phenoxy) is 1. The second kappa shape index (κ2) is 10.3. The van der Waals surface area contributed by atoms with Crippen LogP contribution in [0.15, 0.2) is 60.9 Å². The molecule has 2 atom stereocenters. The van der Waals surface area contributed by atoms with Crippen LogP contribution in [-0.4, -0.2) is 32.2 Å². The Morgan fingerprint density at radius 2 is 1.97 bits per heavy atom. The molecule has 2 aromatic heterocycles. The Bertz CT molecular complexity index is 1410. The number of H-pyrrole nitrogens is 1. The molecule has 4 aromatic rings. The van der Waals surface area contributed by atoms with Gasteiger partial charge in [0, 0.05) is 52.4 Å². The lowest BCUT2D eigenvalue weighted by Crippen LogP contribution is -2.26. The summed E-state index contributed by atoms with van der Waals surface area (Å²) in [4.78, 5) is 21.3.